The summed E-state index contributed by atoms with van der Waals surface area (Å²) in [6.45, 7) is 20.1. The zero-order chi connectivity index (χ0) is 65.0. The van der Waals surface area contributed by atoms with Gasteiger partial charge in [-0.1, -0.05) is 259 Å². The van der Waals surface area contributed by atoms with Gasteiger partial charge in [-0.15, -0.1) is 0 Å². The molecule has 0 aliphatic carbocycles. The summed E-state index contributed by atoms with van der Waals surface area (Å²) >= 11 is 0. The van der Waals surface area contributed by atoms with Crippen LogP contribution < -0.4 is 0 Å². The van der Waals surface area contributed by atoms with E-state index >= 15 is 0 Å². The highest BCUT2D eigenvalue weighted by Gasteiger charge is 2.25. The first-order valence-electron chi connectivity index (χ1n) is 37.3. The molecule has 1 N–H and O–H groups in total. The van der Waals surface area contributed by atoms with Crippen LogP contribution in [0.15, 0.2) is 0 Å². The Labute approximate surface area is 543 Å². The summed E-state index contributed by atoms with van der Waals surface area (Å²) in [6.07, 6.45) is 52.3. The van der Waals surface area contributed by atoms with Gasteiger partial charge in [0.25, 0.3) is 10.1 Å². The van der Waals surface area contributed by atoms with E-state index in [1.807, 2.05) is 0 Å². The number of esters is 4. The number of hydrogen-bond donors (Lipinski definition) is 1. The number of carbonyl (C=O) groups excluding carboxylic acids is 4. The lowest BCUT2D eigenvalue weighted by atomic mass is 10.0. The number of unbranched alkanes of at least 4 members (excludes halogenated alkanes) is 36. The molecule has 0 aromatic rings. The van der Waals surface area contributed by atoms with Crippen molar-refractivity contribution in [3.05, 3.63) is 0 Å². The Hall–Kier alpha value is -2.33. The van der Waals surface area contributed by atoms with Crippen LogP contribution in [0.4, 0.5) is 0 Å². The van der Waals surface area contributed by atoms with Crippen molar-refractivity contribution in [1.82, 2.24) is 14.7 Å². The maximum atomic E-state index is 12.7. The largest absolute Gasteiger partial charge is 0.461 e. The lowest BCUT2D eigenvalue weighted by Gasteiger charge is -2.32. The first kappa shape index (κ1) is 85.7. The van der Waals surface area contributed by atoms with E-state index in [1.165, 1.54) is 233 Å². The molecular weight excluding hydrogens is 1130 g/mol. The third-order valence-corrected chi connectivity index (χ3v) is 18.3. The molecule has 0 amide bonds. The Kier molecular flexibility index (Phi) is 60.5. The Morgan fingerprint density at radius 2 is 0.466 bits per heavy atom. The van der Waals surface area contributed by atoms with Crippen LogP contribution in [0.5, 0.6) is 0 Å². The van der Waals surface area contributed by atoms with Crippen molar-refractivity contribution >= 4 is 34.0 Å². The second-order valence-electron chi connectivity index (χ2n) is 26.5. The Morgan fingerprint density at radius 3 is 0.659 bits per heavy atom. The third kappa shape index (κ3) is 61.2. The Balaban J connectivity index is 6.55. The molecule has 0 radical (unpaired) electrons. The van der Waals surface area contributed by atoms with Gasteiger partial charge in [0.1, 0.15) is 24.4 Å². The van der Waals surface area contributed by atoms with E-state index in [9.17, 15) is 32.1 Å². The third-order valence-electron chi connectivity index (χ3n) is 17.5. The molecule has 0 fully saturated rings. The van der Waals surface area contributed by atoms with Crippen LogP contribution in [-0.2, 0) is 48.2 Å². The van der Waals surface area contributed by atoms with E-state index in [-0.39, 0.29) is 60.5 Å². The van der Waals surface area contributed by atoms with E-state index in [2.05, 4.69) is 42.4 Å². The minimum Gasteiger partial charge on any atom is -0.461 e. The highest BCUT2D eigenvalue weighted by molar-refractivity contribution is 7.85. The van der Waals surface area contributed by atoms with Crippen LogP contribution in [0.1, 0.15) is 357 Å². The molecule has 0 aliphatic heterocycles. The molecule has 15 heteroatoms. The lowest BCUT2D eigenvalue weighted by Crippen LogP contribution is -2.43. The maximum absolute atomic E-state index is 12.7. The summed E-state index contributed by atoms with van der Waals surface area (Å²) in [5.74, 6) is -1.52. The minimum atomic E-state index is -4.17. The van der Waals surface area contributed by atoms with Crippen molar-refractivity contribution in [2.45, 2.75) is 382 Å². The average Bonchev–Trinajstić information content (AvgIpc) is 3.65. The quantitative estimate of drug-likeness (QED) is 0.0264. The summed E-state index contributed by atoms with van der Waals surface area (Å²) in [5, 5.41) is 0. The van der Waals surface area contributed by atoms with E-state index in [1.54, 1.807) is 0 Å². The molecule has 0 spiro atoms. The van der Waals surface area contributed by atoms with Crippen LogP contribution in [0, 0.1) is 0 Å². The average molecular weight is 1270 g/mol. The number of rotatable bonds is 68. The van der Waals surface area contributed by atoms with Crippen molar-refractivity contribution in [1.29, 1.82) is 0 Å². The standard InChI is InChI=1S/C73H143N3O11S/c1-9-13-17-21-25-29-33-37-41-45-52-70(84-66(5)77)62-75(63-71(85-67(6)78)53-46-42-38-34-30-26-22-18-14-10-2)58-49-56-74(60-51-61-88(81,82)83)57-50-59-76(64-72(86-68(7)79)54-47-43-39-35-31-27-23-19-15-11-3)65-73(87-69(8)80)55-48-44-40-36-32-28-24-20-16-12-4/h70-73H,9-65H2,1-8H3,(H,81,82,83). The predicted molar refractivity (Wildman–Crippen MR) is 368 cm³/mol. The second-order valence-corrected chi connectivity index (χ2v) is 28.1. The molecule has 0 saturated heterocycles. The molecule has 0 saturated carbocycles. The molecule has 0 bridgehead atoms. The molecule has 4 unspecified atom stereocenters. The van der Waals surface area contributed by atoms with E-state index in [4.69, 9.17) is 18.9 Å². The van der Waals surface area contributed by atoms with Gasteiger partial charge in [0.15, 0.2) is 0 Å². The fraction of sp³-hybridized carbons (Fsp3) is 0.945. The van der Waals surface area contributed by atoms with Crippen molar-refractivity contribution in [2.75, 3.05) is 64.7 Å². The van der Waals surface area contributed by atoms with Crippen molar-refractivity contribution in [3.63, 3.8) is 0 Å². The number of ether oxygens (including phenoxy) is 4. The molecule has 522 valence electrons. The zero-order valence-corrected chi connectivity index (χ0v) is 59.7. The topological polar surface area (TPSA) is 169 Å². The fourth-order valence-electron chi connectivity index (χ4n) is 12.6. The summed E-state index contributed by atoms with van der Waals surface area (Å²) in [7, 11) is -4.17. The zero-order valence-electron chi connectivity index (χ0n) is 58.9. The normalized spacial score (nSPS) is 13.3. The van der Waals surface area contributed by atoms with Crippen LogP contribution >= 0.6 is 0 Å². The molecular formula is C73H143N3O11S. The molecule has 0 rings (SSSR count). The smallest absolute Gasteiger partial charge is 0.302 e. The number of nitrogens with zero attached hydrogens (tertiary/aromatic N) is 3. The molecule has 0 aliphatic rings. The van der Waals surface area contributed by atoms with Gasteiger partial charge in [0, 0.05) is 53.9 Å². The van der Waals surface area contributed by atoms with Gasteiger partial charge in [0.2, 0.25) is 0 Å². The van der Waals surface area contributed by atoms with Gasteiger partial charge >= 0.3 is 23.9 Å². The SMILES string of the molecule is CCCCCCCCCCCCC(CN(CCCN(CCCN(CC(CCCCCCCCCCCC)OC(C)=O)CC(CCCCCCCCCCCC)OC(C)=O)CCCS(=O)(=O)O)CC(CCCCCCCCCCCC)OC(C)=O)OC(C)=O. The van der Waals surface area contributed by atoms with E-state index in [0.29, 0.717) is 58.9 Å². The first-order valence-corrected chi connectivity index (χ1v) is 38.9. The van der Waals surface area contributed by atoms with Gasteiger partial charge < -0.3 is 23.8 Å². The van der Waals surface area contributed by atoms with Crippen molar-refractivity contribution < 1.29 is 51.1 Å². The van der Waals surface area contributed by atoms with Crippen LogP contribution in [0.3, 0.4) is 0 Å². The molecule has 88 heavy (non-hydrogen) atoms. The van der Waals surface area contributed by atoms with E-state index in [0.717, 1.165) is 89.9 Å². The second kappa shape index (κ2) is 62.1. The molecule has 0 heterocycles. The van der Waals surface area contributed by atoms with Gasteiger partial charge in [-0.05, 0) is 103 Å². The number of hydrogen-bond acceptors (Lipinski definition) is 13. The van der Waals surface area contributed by atoms with Crippen LogP contribution in [0.25, 0.3) is 0 Å². The summed E-state index contributed by atoms with van der Waals surface area (Å²) in [4.78, 5) is 57.5. The van der Waals surface area contributed by atoms with Gasteiger partial charge in [-0.2, -0.15) is 8.42 Å². The minimum absolute atomic E-state index is 0.272. The lowest BCUT2D eigenvalue weighted by molar-refractivity contribution is -0.151. The summed E-state index contributed by atoms with van der Waals surface area (Å²) in [6, 6.07) is 0. The van der Waals surface area contributed by atoms with E-state index < -0.39 is 10.1 Å². The highest BCUT2D eigenvalue weighted by Crippen LogP contribution is 2.21. The van der Waals surface area contributed by atoms with Gasteiger partial charge in [-0.25, -0.2) is 0 Å². The van der Waals surface area contributed by atoms with Gasteiger partial charge in [-0.3, -0.25) is 33.5 Å². The van der Waals surface area contributed by atoms with Crippen molar-refractivity contribution in [3.8, 4) is 0 Å². The fourth-order valence-corrected chi connectivity index (χ4v) is 13.1. The summed E-state index contributed by atoms with van der Waals surface area (Å²) in [5.41, 5.74) is 0. The van der Waals surface area contributed by atoms with Gasteiger partial charge in [0.05, 0.1) is 5.75 Å². The Morgan fingerprint density at radius 1 is 0.284 bits per heavy atom. The molecule has 14 nitrogen and oxygen atoms in total. The van der Waals surface area contributed by atoms with Crippen LogP contribution in [-0.4, -0.2) is 141 Å². The Bertz CT molecular complexity index is 1510. The monoisotopic (exact) mass is 1270 g/mol. The molecule has 0 aromatic heterocycles. The maximum Gasteiger partial charge on any atom is 0.302 e. The van der Waals surface area contributed by atoms with Crippen molar-refractivity contribution in [2.24, 2.45) is 0 Å². The number of carbonyl (C=O) groups is 4. The highest BCUT2D eigenvalue weighted by atomic mass is 32.2. The van der Waals surface area contributed by atoms with Crippen LogP contribution in [0.2, 0.25) is 0 Å². The molecule has 4 atom stereocenters. The molecule has 0 aromatic carbocycles. The first-order chi connectivity index (χ1) is 42.5. The summed E-state index contributed by atoms with van der Waals surface area (Å²) < 4.78 is 58.1. The predicted octanol–water partition coefficient (Wildman–Crippen LogP) is 18.9.